The van der Waals surface area contributed by atoms with E-state index in [1.807, 2.05) is 28.0 Å². The fourth-order valence-corrected chi connectivity index (χ4v) is 4.43. The van der Waals surface area contributed by atoms with Crippen molar-refractivity contribution in [2.24, 2.45) is 0 Å². The fraction of sp³-hybridized carbons (Fsp3) is 0.360. The third-order valence-corrected chi connectivity index (χ3v) is 6.02. The SMILES string of the molecule is C=CCOc1cc(OC)ccc1C(=O)N1CCC(N2C(=O)CCc3ccccc32)CC1. The van der Waals surface area contributed by atoms with Crippen molar-refractivity contribution in [3.8, 4) is 11.5 Å². The molecule has 0 bridgehead atoms. The zero-order chi connectivity index (χ0) is 21.8. The van der Waals surface area contributed by atoms with Gasteiger partial charge in [-0.25, -0.2) is 0 Å². The summed E-state index contributed by atoms with van der Waals surface area (Å²) in [4.78, 5) is 29.7. The molecule has 6 heteroatoms. The molecule has 2 aromatic carbocycles. The third kappa shape index (κ3) is 4.29. The second kappa shape index (κ2) is 9.25. The fourth-order valence-electron chi connectivity index (χ4n) is 4.43. The lowest BCUT2D eigenvalue weighted by Crippen LogP contribution is -2.50. The van der Waals surface area contributed by atoms with E-state index >= 15 is 0 Å². The first kappa shape index (κ1) is 21.0. The average Bonchev–Trinajstić information content (AvgIpc) is 2.82. The van der Waals surface area contributed by atoms with Gasteiger partial charge in [0.25, 0.3) is 5.91 Å². The molecular weight excluding hydrogens is 392 g/mol. The molecule has 0 radical (unpaired) electrons. The maximum atomic E-state index is 13.2. The Morgan fingerprint density at radius 3 is 2.68 bits per heavy atom. The van der Waals surface area contributed by atoms with Gasteiger partial charge in [-0.3, -0.25) is 9.59 Å². The summed E-state index contributed by atoms with van der Waals surface area (Å²) >= 11 is 0. The van der Waals surface area contributed by atoms with Gasteiger partial charge in [0.15, 0.2) is 0 Å². The third-order valence-electron chi connectivity index (χ3n) is 6.02. The molecule has 4 rings (SSSR count). The number of piperidine rings is 1. The number of benzene rings is 2. The number of amides is 2. The highest BCUT2D eigenvalue weighted by Gasteiger charge is 2.34. The van der Waals surface area contributed by atoms with E-state index in [1.165, 1.54) is 5.56 Å². The van der Waals surface area contributed by atoms with E-state index in [2.05, 4.69) is 12.6 Å². The molecule has 162 valence electrons. The summed E-state index contributed by atoms with van der Waals surface area (Å²) < 4.78 is 11.0. The number of nitrogens with zero attached hydrogens (tertiary/aromatic N) is 2. The van der Waals surface area contributed by atoms with Gasteiger partial charge in [-0.2, -0.15) is 0 Å². The Kier molecular flexibility index (Phi) is 6.26. The van der Waals surface area contributed by atoms with Crippen molar-refractivity contribution in [3.05, 3.63) is 66.2 Å². The molecule has 1 fully saturated rings. The Morgan fingerprint density at radius 2 is 1.94 bits per heavy atom. The lowest BCUT2D eigenvalue weighted by Gasteiger charge is -2.41. The number of para-hydroxylation sites is 1. The lowest BCUT2D eigenvalue weighted by atomic mass is 9.95. The monoisotopic (exact) mass is 420 g/mol. The predicted octanol–water partition coefficient (Wildman–Crippen LogP) is 3.84. The second-order valence-corrected chi connectivity index (χ2v) is 7.88. The molecule has 0 spiro atoms. The van der Waals surface area contributed by atoms with E-state index in [9.17, 15) is 9.59 Å². The second-order valence-electron chi connectivity index (χ2n) is 7.88. The van der Waals surface area contributed by atoms with Crippen LogP contribution in [-0.2, 0) is 11.2 Å². The highest BCUT2D eigenvalue weighted by atomic mass is 16.5. The molecule has 0 aromatic heterocycles. The van der Waals surface area contributed by atoms with Gasteiger partial charge in [0.05, 0.1) is 12.7 Å². The topological polar surface area (TPSA) is 59.1 Å². The zero-order valence-corrected chi connectivity index (χ0v) is 17.9. The van der Waals surface area contributed by atoms with Crippen LogP contribution in [0.4, 0.5) is 5.69 Å². The van der Waals surface area contributed by atoms with E-state index in [0.29, 0.717) is 43.2 Å². The first-order valence-corrected chi connectivity index (χ1v) is 10.7. The molecule has 0 unspecified atom stereocenters. The lowest BCUT2D eigenvalue weighted by molar-refractivity contribution is -0.119. The van der Waals surface area contributed by atoms with Crippen LogP contribution in [0.1, 0.15) is 35.2 Å². The molecule has 2 aliphatic heterocycles. The zero-order valence-electron chi connectivity index (χ0n) is 17.9. The minimum atomic E-state index is -0.0643. The number of hydrogen-bond donors (Lipinski definition) is 0. The summed E-state index contributed by atoms with van der Waals surface area (Å²) in [6, 6.07) is 13.5. The first-order chi connectivity index (χ1) is 15.1. The molecule has 2 aromatic rings. The van der Waals surface area contributed by atoms with Crippen molar-refractivity contribution in [2.75, 3.05) is 31.7 Å². The van der Waals surface area contributed by atoms with Gasteiger partial charge in [0.2, 0.25) is 5.91 Å². The van der Waals surface area contributed by atoms with E-state index in [0.717, 1.165) is 24.9 Å². The number of ether oxygens (including phenoxy) is 2. The summed E-state index contributed by atoms with van der Waals surface area (Å²) in [5, 5.41) is 0. The standard InChI is InChI=1S/C25H28N2O4/c1-3-16-31-23-17-20(30-2)9-10-21(23)25(29)26-14-12-19(13-15-26)27-22-7-5-4-6-18(22)8-11-24(27)28/h3-7,9-10,17,19H,1,8,11-16H2,2H3. The molecule has 0 atom stereocenters. The Balaban J connectivity index is 1.48. The van der Waals surface area contributed by atoms with Gasteiger partial charge in [-0.15, -0.1) is 0 Å². The number of rotatable bonds is 6. The minimum absolute atomic E-state index is 0.0643. The number of fused-ring (bicyclic) bond motifs is 1. The van der Waals surface area contributed by atoms with Crippen LogP contribution in [0.3, 0.4) is 0 Å². The number of aryl methyl sites for hydroxylation is 1. The normalized spacial score (nSPS) is 16.6. The van der Waals surface area contributed by atoms with Gasteiger partial charge >= 0.3 is 0 Å². The molecule has 2 heterocycles. The molecule has 0 aliphatic carbocycles. The summed E-state index contributed by atoms with van der Waals surface area (Å²) in [5.74, 6) is 1.24. The van der Waals surface area contributed by atoms with Crippen molar-refractivity contribution in [1.82, 2.24) is 4.90 Å². The minimum Gasteiger partial charge on any atom is -0.497 e. The van der Waals surface area contributed by atoms with Crippen LogP contribution < -0.4 is 14.4 Å². The number of hydrogen-bond acceptors (Lipinski definition) is 4. The number of anilines is 1. The molecule has 2 amide bonds. The number of likely N-dealkylation sites (tertiary alicyclic amines) is 1. The van der Waals surface area contributed by atoms with Gasteiger partial charge in [-0.05, 0) is 43.0 Å². The summed E-state index contributed by atoms with van der Waals surface area (Å²) in [5.41, 5.74) is 2.77. The highest BCUT2D eigenvalue weighted by molar-refractivity contribution is 5.98. The number of methoxy groups -OCH3 is 1. The van der Waals surface area contributed by atoms with Crippen LogP contribution in [-0.4, -0.2) is 49.6 Å². The number of carbonyl (C=O) groups is 2. The van der Waals surface area contributed by atoms with Crippen molar-refractivity contribution in [3.63, 3.8) is 0 Å². The molecule has 1 saturated heterocycles. The molecular formula is C25H28N2O4. The highest BCUT2D eigenvalue weighted by Crippen LogP contribution is 2.33. The van der Waals surface area contributed by atoms with Crippen molar-refractivity contribution in [2.45, 2.75) is 31.7 Å². The molecule has 0 saturated carbocycles. The Hall–Kier alpha value is -3.28. The first-order valence-electron chi connectivity index (χ1n) is 10.7. The molecule has 31 heavy (non-hydrogen) atoms. The van der Waals surface area contributed by atoms with Gasteiger partial charge in [0, 0.05) is 37.3 Å². The smallest absolute Gasteiger partial charge is 0.257 e. The van der Waals surface area contributed by atoms with Crippen LogP contribution in [0.5, 0.6) is 11.5 Å². The molecule has 2 aliphatic rings. The summed E-state index contributed by atoms with van der Waals surface area (Å²) in [7, 11) is 1.58. The summed E-state index contributed by atoms with van der Waals surface area (Å²) in [6.45, 7) is 5.18. The van der Waals surface area contributed by atoms with Crippen LogP contribution in [0.15, 0.2) is 55.1 Å². The number of carbonyl (C=O) groups excluding carboxylic acids is 2. The maximum absolute atomic E-state index is 13.2. The Morgan fingerprint density at radius 1 is 1.16 bits per heavy atom. The Bertz CT molecular complexity index is 979. The van der Waals surface area contributed by atoms with Crippen molar-refractivity contribution < 1.29 is 19.1 Å². The van der Waals surface area contributed by atoms with Crippen LogP contribution in [0, 0.1) is 0 Å². The van der Waals surface area contributed by atoms with E-state index in [4.69, 9.17) is 9.47 Å². The van der Waals surface area contributed by atoms with Crippen LogP contribution >= 0.6 is 0 Å². The van der Waals surface area contributed by atoms with E-state index < -0.39 is 0 Å². The van der Waals surface area contributed by atoms with E-state index in [1.54, 1.807) is 31.4 Å². The Labute approximate surface area is 183 Å². The maximum Gasteiger partial charge on any atom is 0.257 e. The van der Waals surface area contributed by atoms with Crippen LogP contribution in [0.2, 0.25) is 0 Å². The van der Waals surface area contributed by atoms with Crippen LogP contribution in [0.25, 0.3) is 0 Å². The quantitative estimate of drug-likeness (QED) is 0.666. The van der Waals surface area contributed by atoms with Gasteiger partial charge < -0.3 is 19.3 Å². The van der Waals surface area contributed by atoms with Crippen molar-refractivity contribution >= 4 is 17.5 Å². The average molecular weight is 421 g/mol. The molecule has 6 nitrogen and oxygen atoms in total. The van der Waals surface area contributed by atoms with Crippen molar-refractivity contribution in [1.29, 1.82) is 0 Å². The predicted molar refractivity (Wildman–Crippen MR) is 120 cm³/mol. The molecule has 0 N–H and O–H groups in total. The van der Waals surface area contributed by atoms with Gasteiger partial charge in [-0.1, -0.05) is 30.9 Å². The van der Waals surface area contributed by atoms with Gasteiger partial charge in [0.1, 0.15) is 18.1 Å². The summed E-state index contributed by atoms with van der Waals surface area (Å²) in [6.07, 6.45) is 4.50. The largest absolute Gasteiger partial charge is 0.497 e. The van der Waals surface area contributed by atoms with E-state index in [-0.39, 0.29) is 17.9 Å².